The van der Waals surface area contributed by atoms with Crippen LogP contribution in [0.2, 0.25) is 0 Å². The molecule has 117 valence electrons. The van der Waals surface area contributed by atoms with E-state index >= 15 is 0 Å². The zero-order valence-corrected chi connectivity index (χ0v) is 11.2. The number of nitrogens with two attached hydrogens (primary N) is 2. The fraction of sp³-hybridized carbons (Fsp3) is 0.333. The molecular formula is C9H15N5NiO5-. The van der Waals surface area contributed by atoms with Crippen molar-refractivity contribution in [2.45, 2.75) is 12.5 Å². The second kappa shape index (κ2) is 10.0. The number of hydrogen-bond acceptors (Lipinski definition) is 6. The number of nitrogens with zero attached hydrogens (tertiary/aromatic N) is 1. The molecule has 11 heteroatoms. The normalized spacial score (nSPS) is 11.2. The average Bonchev–Trinajstić information content (AvgIpc) is 2.84. The molecular weight excluding hydrogens is 317 g/mol. The van der Waals surface area contributed by atoms with Gasteiger partial charge in [0.1, 0.15) is 6.04 Å². The second-order valence-electron chi connectivity index (χ2n) is 3.42. The van der Waals surface area contributed by atoms with E-state index < -0.39 is 26.7 Å². The molecule has 1 aromatic heterocycles. The van der Waals surface area contributed by atoms with Gasteiger partial charge in [0, 0.05) is 18.3 Å². The maximum absolute atomic E-state index is 10.9. The second-order valence-corrected chi connectivity index (χ2v) is 3.60. The van der Waals surface area contributed by atoms with Crippen LogP contribution in [0.4, 0.5) is 0 Å². The molecule has 8 N–H and O–H groups in total. The molecule has 20 heavy (non-hydrogen) atoms. The van der Waals surface area contributed by atoms with E-state index in [1.807, 2.05) is 0 Å². The minimum absolute atomic E-state index is 0.117. The van der Waals surface area contributed by atoms with E-state index in [1.165, 1.54) is 12.7 Å². The summed E-state index contributed by atoms with van der Waals surface area (Å²) in [6.45, 7) is 1.24. The van der Waals surface area contributed by atoms with Crippen molar-refractivity contribution < 1.29 is 37.5 Å². The molecule has 1 unspecified atom stereocenters. The van der Waals surface area contributed by atoms with Crippen molar-refractivity contribution in [2.75, 3.05) is 6.54 Å². The summed E-state index contributed by atoms with van der Waals surface area (Å²) in [6, 6.07) is -0.984. The molecule has 1 heterocycles. The standard InChI is InChI=1S/C9H14N5O3.Ni.H2O.O/c10-2-8(15)13-4-7-12-3-5(14-7)1-6(11)9(16)17;;;/h3-4,6H,1-2,10-11H2,(H,12,14)(H,13,15)(H,16,17);;1H2;/q-1;+1;;/p-1. The van der Waals surface area contributed by atoms with Crippen molar-refractivity contribution in [3.05, 3.63) is 24.3 Å². The van der Waals surface area contributed by atoms with Gasteiger partial charge in [0.25, 0.3) is 0 Å². The number of amides is 1. The van der Waals surface area contributed by atoms with Crippen molar-refractivity contribution in [3.8, 4) is 0 Å². The number of nitrogens with one attached hydrogen (secondary N) is 2. The van der Waals surface area contributed by atoms with Crippen LogP contribution in [0.15, 0.2) is 6.20 Å². The first-order valence-corrected chi connectivity index (χ1v) is 5.99. The zero-order valence-electron chi connectivity index (χ0n) is 10.2. The van der Waals surface area contributed by atoms with Crippen LogP contribution in [0.5, 0.6) is 0 Å². The fourth-order valence-corrected chi connectivity index (χ4v) is 1.09. The van der Waals surface area contributed by atoms with Crippen LogP contribution >= 0.6 is 0 Å². The molecule has 1 rings (SSSR count). The van der Waals surface area contributed by atoms with Gasteiger partial charge >= 0.3 is 28.8 Å². The summed E-state index contributed by atoms with van der Waals surface area (Å²) >= 11 is -0.625. The summed E-state index contributed by atoms with van der Waals surface area (Å²) < 4.78 is 15.4. The topological polar surface area (TPSA) is 184 Å². The molecule has 0 aliphatic heterocycles. The Bertz CT molecular complexity index is 452. The third-order valence-corrected chi connectivity index (χ3v) is 1.96. The van der Waals surface area contributed by atoms with Gasteiger partial charge in [-0.15, -0.1) is 0 Å². The van der Waals surface area contributed by atoms with Gasteiger partial charge in [-0.1, -0.05) is 0 Å². The molecule has 1 aromatic rings. The fourth-order valence-electron chi connectivity index (χ4n) is 1.09. The summed E-state index contributed by atoms with van der Waals surface area (Å²) in [4.78, 5) is 28.1. The number of aromatic nitrogens is 2. The third-order valence-electron chi connectivity index (χ3n) is 1.96. The summed E-state index contributed by atoms with van der Waals surface area (Å²) in [5, 5.41) is 11.0. The molecule has 1 atom stereocenters. The number of carboxylic acid groups (broad SMARTS) is 1. The van der Waals surface area contributed by atoms with Crippen LogP contribution in [0.25, 0.3) is 0 Å². The number of aliphatic carboxylic acids is 1. The molecule has 1 amide bonds. The minimum atomic E-state index is -1.08. The van der Waals surface area contributed by atoms with Crippen LogP contribution in [0, 0.1) is 6.54 Å². The molecule has 0 saturated heterocycles. The first-order valence-electron chi connectivity index (χ1n) is 5.15. The third kappa shape index (κ3) is 7.59. The van der Waals surface area contributed by atoms with E-state index in [0.29, 0.717) is 11.5 Å². The first-order chi connectivity index (χ1) is 9.44. The summed E-state index contributed by atoms with van der Waals surface area (Å²) in [5.41, 5.74) is 11.0. The van der Waals surface area contributed by atoms with Crippen LogP contribution in [0.3, 0.4) is 0 Å². The molecule has 0 bridgehead atoms. The number of carbonyl (C=O) groups excluding carboxylic acids is 1. The Balaban J connectivity index is 0.00000110. The Kier molecular flexibility index (Phi) is 9.13. The van der Waals surface area contributed by atoms with Crippen LogP contribution in [-0.4, -0.2) is 43.8 Å². The van der Waals surface area contributed by atoms with Crippen molar-refractivity contribution >= 4 is 11.9 Å². The average molecular weight is 332 g/mol. The first kappa shape index (κ1) is 18.2. The van der Waals surface area contributed by atoms with E-state index in [1.54, 1.807) is 0 Å². The SMILES string of the molecule is NCC(=O)N[CH-]c1ncc(CC(N)C(=O)O)[nH]1.[O]=[Ni][OH]. The Morgan fingerprint density at radius 1 is 1.60 bits per heavy atom. The van der Waals surface area contributed by atoms with Crippen LogP contribution in [-0.2, 0) is 34.6 Å². The van der Waals surface area contributed by atoms with Crippen molar-refractivity contribution in [3.63, 3.8) is 0 Å². The maximum atomic E-state index is 10.9. The molecule has 0 spiro atoms. The Morgan fingerprint density at radius 2 is 2.20 bits per heavy atom. The molecule has 0 saturated carbocycles. The van der Waals surface area contributed by atoms with E-state index in [-0.39, 0.29) is 18.9 Å². The zero-order chi connectivity index (χ0) is 15.5. The predicted octanol–water partition coefficient (Wildman–Crippen LogP) is -2.73. The molecule has 0 aromatic carbocycles. The van der Waals surface area contributed by atoms with Gasteiger partial charge < -0.3 is 26.9 Å². The van der Waals surface area contributed by atoms with Gasteiger partial charge in [-0.05, 0) is 5.82 Å². The van der Waals surface area contributed by atoms with Gasteiger partial charge in [0.2, 0.25) is 5.91 Å². The van der Waals surface area contributed by atoms with Gasteiger partial charge in [0.05, 0.1) is 6.54 Å². The molecule has 0 radical (unpaired) electrons. The monoisotopic (exact) mass is 331 g/mol. The number of carbonyl (C=O) groups is 2. The van der Waals surface area contributed by atoms with E-state index in [0.717, 1.165) is 0 Å². The van der Waals surface area contributed by atoms with Crippen molar-refractivity contribution in [1.82, 2.24) is 15.3 Å². The Morgan fingerprint density at radius 3 is 2.70 bits per heavy atom. The Hall–Kier alpha value is -1.81. The number of rotatable bonds is 6. The predicted molar refractivity (Wildman–Crippen MR) is 61.4 cm³/mol. The van der Waals surface area contributed by atoms with E-state index in [2.05, 4.69) is 15.3 Å². The number of imidazole rings is 1. The molecule has 0 aliphatic carbocycles. The summed E-state index contributed by atoms with van der Waals surface area (Å²) in [6.07, 6.45) is 1.60. The molecule has 0 aliphatic rings. The number of hydrogen-bond donors (Lipinski definition) is 6. The van der Waals surface area contributed by atoms with E-state index in [4.69, 9.17) is 24.7 Å². The van der Waals surface area contributed by atoms with Gasteiger partial charge in [-0.25, -0.2) is 6.54 Å². The quantitative estimate of drug-likeness (QED) is 0.239. The molecule has 10 nitrogen and oxygen atoms in total. The molecule has 0 fully saturated rings. The van der Waals surface area contributed by atoms with Crippen LogP contribution in [0.1, 0.15) is 11.5 Å². The number of carboxylic acids is 1. The summed E-state index contributed by atoms with van der Waals surface area (Å²) in [7, 11) is 0. The van der Waals surface area contributed by atoms with Gasteiger partial charge in [-0.3, -0.25) is 14.6 Å². The van der Waals surface area contributed by atoms with E-state index in [9.17, 15) is 9.59 Å². The van der Waals surface area contributed by atoms with Gasteiger partial charge in [-0.2, -0.15) is 0 Å². The number of H-pyrrole nitrogens is 1. The van der Waals surface area contributed by atoms with Crippen molar-refractivity contribution in [2.24, 2.45) is 11.5 Å². The number of aromatic amines is 1. The van der Waals surface area contributed by atoms with Crippen LogP contribution < -0.4 is 16.8 Å². The summed E-state index contributed by atoms with van der Waals surface area (Å²) in [5.74, 6) is -1.02. The Labute approximate surface area is 120 Å². The van der Waals surface area contributed by atoms with Gasteiger partial charge in [0.15, 0.2) is 0 Å². The van der Waals surface area contributed by atoms with Crippen molar-refractivity contribution in [1.29, 1.82) is 0 Å².